The van der Waals surface area contributed by atoms with Crippen LogP contribution in [0.4, 0.5) is 11.5 Å². The zero-order valence-corrected chi connectivity index (χ0v) is 9.27. The van der Waals surface area contributed by atoms with E-state index in [1.54, 1.807) is 0 Å². The summed E-state index contributed by atoms with van der Waals surface area (Å²) in [4.78, 5) is 24.3. The number of hydrogen-bond donors (Lipinski definition) is 2. The number of nitrogens with one attached hydrogen (secondary N) is 1. The summed E-state index contributed by atoms with van der Waals surface area (Å²) in [5, 5.41) is 22.3. The van der Waals surface area contributed by atoms with Gasteiger partial charge in [-0.2, -0.15) is 0 Å². The van der Waals surface area contributed by atoms with E-state index in [2.05, 4.69) is 16.9 Å². The number of anilines is 1. The highest BCUT2D eigenvalue weighted by molar-refractivity contribution is 6.29. The number of halogens is 1. The average molecular weight is 258 g/mol. The van der Waals surface area contributed by atoms with Gasteiger partial charge in [0, 0.05) is 11.1 Å². The maximum Gasteiger partial charge on any atom is 0.342 e. The van der Waals surface area contributed by atoms with Crippen LogP contribution in [-0.4, -0.2) is 27.5 Å². The lowest BCUT2D eigenvalue weighted by Gasteiger charge is -2.05. The van der Waals surface area contributed by atoms with Crippen molar-refractivity contribution in [2.45, 2.75) is 0 Å². The first-order valence-electron chi connectivity index (χ1n) is 4.36. The maximum atomic E-state index is 10.8. The Balaban J connectivity index is 3.05. The van der Waals surface area contributed by atoms with Crippen molar-refractivity contribution >= 4 is 29.1 Å². The molecule has 0 fully saturated rings. The summed E-state index contributed by atoms with van der Waals surface area (Å²) in [5.41, 5.74) is -1.000. The molecule has 2 N–H and O–H groups in total. The van der Waals surface area contributed by atoms with Crippen LogP contribution in [0, 0.1) is 10.1 Å². The summed E-state index contributed by atoms with van der Waals surface area (Å²) < 4.78 is 0. The molecule has 0 radical (unpaired) electrons. The van der Waals surface area contributed by atoms with Gasteiger partial charge in [0.25, 0.3) is 0 Å². The highest BCUT2D eigenvalue weighted by atomic mass is 35.5. The van der Waals surface area contributed by atoms with E-state index in [-0.39, 0.29) is 12.4 Å². The molecule has 0 atom stereocenters. The molecule has 1 rings (SSSR count). The van der Waals surface area contributed by atoms with Crippen molar-refractivity contribution in [3.8, 4) is 0 Å². The van der Waals surface area contributed by atoms with Crippen LogP contribution in [0.1, 0.15) is 10.4 Å². The van der Waals surface area contributed by atoms with Crippen molar-refractivity contribution in [3.05, 3.63) is 39.6 Å². The van der Waals surface area contributed by atoms with Gasteiger partial charge >= 0.3 is 11.7 Å². The molecule has 0 aliphatic carbocycles. The Hall–Kier alpha value is -2.15. The fourth-order valence-electron chi connectivity index (χ4n) is 1.05. The van der Waals surface area contributed by atoms with Crippen molar-refractivity contribution in [2.75, 3.05) is 11.9 Å². The number of hydrogen-bond acceptors (Lipinski definition) is 5. The first-order chi connectivity index (χ1) is 7.91. The molecule has 0 aliphatic rings. The lowest BCUT2D eigenvalue weighted by molar-refractivity contribution is -0.385. The molecule has 0 saturated carbocycles. The SMILES string of the molecule is C=C(Cl)CNc1cc(C(=O)O)c([N+](=O)[O-])cn1. The molecular weight excluding hydrogens is 250 g/mol. The number of aromatic nitrogens is 1. The van der Waals surface area contributed by atoms with Crippen LogP contribution in [-0.2, 0) is 0 Å². The van der Waals surface area contributed by atoms with Gasteiger partial charge in [0.05, 0.1) is 11.5 Å². The zero-order valence-electron chi connectivity index (χ0n) is 8.51. The molecule has 0 unspecified atom stereocenters. The Bertz CT molecular complexity index is 489. The van der Waals surface area contributed by atoms with E-state index in [1.807, 2.05) is 0 Å². The van der Waals surface area contributed by atoms with Crippen LogP contribution < -0.4 is 5.32 Å². The van der Waals surface area contributed by atoms with Crippen molar-refractivity contribution in [2.24, 2.45) is 0 Å². The molecular formula is C9H8ClN3O4. The number of nitrogens with zero attached hydrogens (tertiary/aromatic N) is 2. The van der Waals surface area contributed by atoms with E-state index in [4.69, 9.17) is 16.7 Å². The minimum atomic E-state index is -1.40. The van der Waals surface area contributed by atoms with E-state index >= 15 is 0 Å². The van der Waals surface area contributed by atoms with Crippen molar-refractivity contribution < 1.29 is 14.8 Å². The summed E-state index contributed by atoms with van der Waals surface area (Å²) in [6.07, 6.45) is 0.878. The fraction of sp³-hybridized carbons (Fsp3) is 0.111. The minimum absolute atomic E-state index is 0.176. The molecule has 0 amide bonds. The second kappa shape index (κ2) is 5.26. The molecule has 7 nitrogen and oxygen atoms in total. The van der Waals surface area contributed by atoms with E-state index in [0.29, 0.717) is 5.03 Å². The third kappa shape index (κ3) is 3.42. The number of nitro groups is 1. The predicted molar refractivity (Wildman–Crippen MR) is 61.3 cm³/mol. The summed E-state index contributed by atoms with van der Waals surface area (Å²) in [5.74, 6) is -1.22. The zero-order chi connectivity index (χ0) is 13.0. The Morgan fingerprint density at radius 3 is 2.82 bits per heavy atom. The number of aromatic carboxylic acids is 1. The predicted octanol–water partition coefficient (Wildman–Crippen LogP) is 1.85. The lowest BCUT2D eigenvalue weighted by atomic mass is 10.2. The maximum absolute atomic E-state index is 10.8. The molecule has 0 aliphatic heterocycles. The van der Waals surface area contributed by atoms with Gasteiger partial charge in [-0.15, -0.1) is 0 Å². The van der Waals surface area contributed by atoms with Crippen LogP contribution in [0.2, 0.25) is 0 Å². The van der Waals surface area contributed by atoms with Crippen LogP contribution >= 0.6 is 11.6 Å². The number of carboxylic acid groups (broad SMARTS) is 1. The van der Waals surface area contributed by atoms with Gasteiger partial charge in [-0.1, -0.05) is 18.2 Å². The molecule has 90 valence electrons. The van der Waals surface area contributed by atoms with E-state index < -0.39 is 22.1 Å². The van der Waals surface area contributed by atoms with Crippen LogP contribution in [0.5, 0.6) is 0 Å². The standard InChI is InChI=1S/C9H8ClN3O4/c1-5(10)3-11-8-2-6(9(14)15)7(4-12-8)13(16)17/h2,4H,1,3H2,(H,11,12)(H,14,15). The quantitative estimate of drug-likeness (QED) is 0.616. The Labute approximate surface area is 101 Å². The summed E-state index contributed by atoms with van der Waals surface area (Å²) in [6, 6.07) is 1.07. The van der Waals surface area contributed by atoms with E-state index in [9.17, 15) is 14.9 Å². The first kappa shape index (κ1) is 12.9. The molecule has 0 saturated heterocycles. The lowest BCUT2D eigenvalue weighted by Crippen LogP contribution is -2.08. The van der Waals surface area contributed by atoms with Crippen molar-refractivity contribution in [1.82, 2.24) is 4.98 Å². The van der Waals surface area contributed by atoms with E-state index in [1.165, 1.54) is 0 Å². The molecule has 1 heterocycles. The third-order valence-electron chi connectivity index (χ3n) is 1.77. The second-order valence-corrected chi connectivity index (χ2v) is 3.55. The largest absolute Gasteiger partial charge is 0.477 e. The third-order valence-corrected chi connectivity index (χ3v) is 1.90. The number of carboxylic acids is 1. The second-order valence-electron chi connectivity index (χ2n) is 3.02. The molecule has 0 aromatic carbocycles. The van der Waals surface area contributed by atoms with Gasteiger partial charge in [-0.05, 0) is 0 Å². The highest BCUT2D eigenvalue weighted by Gasteiger charge is 2.20. The number of carbonyl (C=O) groups is 1. The van der Waals surface area contributed by atoms with Crippen LogP contribution in [0.3, 0.4) is 0 Å². The average Bonchev–Trinajstić information content (AvgIpc) is 2.25. The topological polar surface area (TPSA) is 105 Å². The van der Waals surface area contributed by atoms with Crippen molar-refractivity contribution in [3.63, 3.8) is 0 Å². The normalized spacial score (nSPS) is 9.71. The van der Waals surface area contributed by atoms with Gasteiger partial charge in [0.15, 0.2) is 0 Å². The molecule has 17 heavy (non-hydrogen) atoms. The number of pyridine rings is 1. The van der Waals surface area contributed by atoms with Gasteiger partial charge in [0.1, 0.15) is 17.6 Å². The van der Waals surface area contributed by atoms with Gasteiger partial charge < -0.3 is 10.4 Å². The molecule has 0 spiro atoms. The fourth-order valence-corrected chi connectivity index (χ4v) is 1.11. The molecule has 1 aromatic rings. The minimum Gasteiger partial charge on any atom is -0.477 e. The molecule has 0 bridgehead atoms. The smallest absolute Gasteiger partial charge is 0.342 e. The number of rotatable bonds is 5. The van der Waals surface area contributed by atoms with Gasteiger partial charge in [0.2, 0.25) is 0 Å². The van der Waals surface area contributed by atoms with Crippen LogP contribution in [0.25, 0.3) is 0 Å². The molecule has 8 heteroatoms. The monoisotopic (exact) mass is 257 g/mol. The summed E-state index contributed by atoms with van der Waals surface area (Å²) in [6.45, 7) is 3.61. The Morgan fingerprint density at radius 1 is 1.71 bits per heavy atom. The summed E-state index contributed by atoms with van der Waals surface area (Å²) >= 11 is 5.50. The van der Waals surface area contributed by atoms with Crippen LogP contribution in [0.15, 0.2) is 23.9 Å². The highest BCUT2D eigenvalue weighted by Crippen LogP contribution is 2.20. The van der Waals surface area contributed by atoms with E-state index in [0.717, 1.165) is 12.3 Å². The Morgan fingerprint density at radius 2 is 2.35 bits per heavy atom. The first-order valence-corrected chi connectivity index (χ1v) is 4.74. The van der Waals surface area contributed by atoms with Crippen molar-refractivity contribution in [1.29, 1.82) is 0 Å². The molecule has 1 aromatic heterocycles. The Kier molecular flexibility index (Phi) is 4.00. The van der Waals surface area contributed by atoms with Gasteiger partial charge in [-0.3, -0.25) is 10.1 Å². The van der Waals surface area contributed by atoms with Gasteiger partial charge in [-0.25, -0.2) is 9.78 Å². The summed E-state index contributed by atoms with van der Waals surface area (Å²) in [7, 11) is 0.